The van der Waals surface area contributed by atoms with Crippen LogP contribution in [0, 0.1) is 0 Å². The second kappa shape index (κ2) is 8.95. The molecular formula is C23H21Cl2NO2S. The van der Waals surface area contributed by atoms with E-state index < -0.39 is 0 Å². The number of carbonyl (C=O) groups is 2. The lowest BCUT2D eigenvalue weighted by Gasteiger charge is -2.25. The Hall–Kier alpha value is -1.75. The first-order valence-corrected chi connectivity index (χ1v) is 11.4. The summed E-state index contributed by atoms with van der Waals surface area (Å²) in [5.41, 5.74) is 0.943. The smallest absolute Gasteiger partial charge is 0.268 e. The highest BCUT2D eigenvalue weighted by atomic mass is 35.5. The third-order valence-corrected chi connectivity index (χ3v) is 7.06. The minimum Gasteiger partial charge on any atom is -0.271 e. The summed E-state index contributed by atoms with van der Waals surface area (Å²) in [5, 5.41) is 0.872. The van der Waals surface area contributed by atoms with Crippen molar-refractivity contribution in [1.29, 1.82) is 0 Å². The summed E-state index contributed by atoms with van der Waals surface area (Å²) in [4.78, 5) is 29.8. The molecule has 0 unspecified atom stereocenters. The van der Waals surface area contributed by atoms with Gasteiger partial charge in [0.25, 0.3) is 11.8 Å². The summed E-state index contributed by atoms with van der Waals surface area (Å²) in [6.07, 6.45) is 6.12. The van der Waals surface area contributed by atoms with Crippen LogP contribution in [0.2, 0.25) is 10.0 Å². The molecule has 0 bridgehead atoms. The number of imide groups is 1. The SMILES string of the molecule is O=C1C(Sc2ccccc2)=C(c2ccc(Cl)cc2Cl)C(=O)N1C1CCCCCC1. The summed E-state index contributed by atoms with van der Waals surface area (Å²) in [5.74, 6) is -0.457. The predicted octanol–water partition coefficient (Wildman–Crippen LogP) is 6.59. The van der Waals surface area contributed by atoms with E-state index in [1.54, 1.807) is 18.2 Å². The van der Waals surface area contributed by atoms with Gasteiger partial charge in [-0.1, -0.05) is 84.9 Å². The topological polar surface area (TPSA) is 37.4 Å². The highest BCUT2D eigenvalue weighted by Crippen LogP contribution is 2.43. The van der Waals surface area contributed by atoms with Crippen LogP contribution in [-0.2, 0) is 9.59 Å². The molecule has 1 aliphatic heterocycles. The van der Waals surface area contributed by atoms with E-state index in [1.165, 1.54) is 16.7 Å². The van der Waals surface area contributed by atoms with Gasteiger partial charge >= 0.3 is 0 Å². The molecule has 3 nitrogen and oxygen atoms in total. The van der Waals surface area contributed by atoms with Crippen molar-refractivity contribution in [1.82, 2.24) is 4.90 Å². The van der Waals surface area contributed by atoms with E-state index in [4.69, 9.17) is 23.2 Å². The van der Waals surface area contributed by atoms with E-state index in [0.29, 0.717) is 26.1 Å². The van der Waals surface area contributed by atoms with E-state index >= 15 is 0 Å². The van der Waals surface area contributed by atoms with Crippen LogP contribution in [-0.4, -0.2) is 22.8 Å². The zero-order valence-corrected chi connectivity index (χ0v) is 18.2. The van der Waals surface area contributed by atoms with Gasteiger partial charge in [-0.15, -0.1) is 0 Å². The van der Waals surface area contributed by atoms with Crippen LogP contribution in [0.25, 0.3) is 5.57 Å². The Morgan fingerprint density at radius 3 is 2.21 bits per heavy atom. The molecule has 6 heteroatoms. The van der Waals surface area contributed by atoms with Crippen molar-refractivity contribution in [2.24, 2.45) is 0 Å². The zero-order chi connectivity index (χ0) is 20.4. The summed E-state index contributed by atoms with van der Waals surface area (Å²) < 4.78 is 0. The fourth-order valence-electron chi connectivity index (χ4n) is 4.00. The number of hydrogen-bond acceptors (Lipinski definition) is 3. The lowest BCUT2D eigenvalue weighted by molar-refractivity contribution is -0.139. The molecular weight excluding hydrogens is 425 g/mol. The lowest BCUT2D eigenvalue weighted by Crippen LogP contribution is -2.40. The molecule has 2 aromatic carbocycles. The molecule has 1 heterocycles. The zero-order valence-electron chi connectivity index (χ0n) is 15.9. The molecule has 150 valence electrons. The Balaban J connectivity index is 1.78. The maximum absolute atomic E-state index is 13.5. The summed E-state index contributed by atoms with van der Waals surface area (Å²) in [7, 11) is 0. The number of thioether (sulfide) groups is 1. The van der Waals surface area contributed by atoms with Gasteiger partial charge in [0, 0.05) is 21.5 Å². The van der Waals surface area contributed by atoms with Crippen LogP contribution in [0.3, 0.4) is 0 Å². The molecule has 0 saturated heterocycles. The van der Waals surface area contributed by atoms with Crippen LogP contribution in [0.4, 0.5) is 0 Å². The van der Waals surface area contributed by atoms with Crippen molar-refractivity contribution < 1.29 is 9.59 Å². The molecule has 1 fully saturated rings. The molecule has 1 saturated carbocycles. The van der Waals surface area contributed by atoms with Crippen LogP contribution in [0.15, 0.2) is 58.3 Å². The monoisotopic (exact) mass is 445 g/mol. The van der Waals surface area contributed by atoms with Crippen LogP contribution >= 0.6 is 35.0 Å². The summed E-state index contributed by atoms with van der Waals surface area (Å²) >= 11 is 13.8. The molecule has 0 aromatic heterocycles. The van der Waals surface area contributed by atoms with E-state index in [9.17, 15) is 9.59 Å². The third-order valence-electron chi connectivity index (χ3n) is 5.43. The molecule has 0 radical (unpaired) electrons. The maximum atomic E-state index is 13.5. The van der Waals surface area contributed by atoms with Crippen molar-refractivity contribution >= 4 is 52.4 Å². The molecule has 2 aliphatic rings. The van der Waals surface area contributed by atoms with Gasteiger partial charge in [0.15, 0.2) is 0 Å². The normalized spacial score (nSPS) is 18.5. The lowest BCUT2D eigenvalue weighted by atomic mass is 10.0. The molecule has 0 atom stereocenters. The van der Waals surface area contributed by atoms with Gasteiger partial charge in [0.1, 0.15) is 0 Å². The third kappa shape index (κ3) is 4.25. The van der Waals surface area contributed by atoms with Crippen molar-refractivity contribution in [2.75, 3.05) is 0 Å². The first-order valence-electron chi connectivity index (χ1n) is 9.87. The van der Waals surface area contributed by atoms with Crippen molar-refractivity contribution in [3.05, 3.63) is 69.0 Å². The van der Waals surface area contributed by atoms with E-state index in [0.717, 1.165) is 43.4 Å². The van der Waals surface area contributed by atoms with Gasteiger partial charge < -0.3 is 0 Å². The van der Waals surface area contributed by atoms with E-state index in [1.807, 2.05) is 30.3 Å². The fraction of sp³-hybridized carbons (Fsp3) is 0.304. The molecule has 0 spiro atoms. The Morgan fingerprint density at radius 1 is 0.862 bits per heavy atom. The second-order valence-corrected chi connectivity index (χ2v) is 9.30. The van der Waals surface area contributed by atoms with Gasteiger partial charge in [-0.2, -0.15) is 0 Å². The van der Waals surface area contributed by atoms with Crippen molar-refractivity contribution in [3.63, 3.8) is 0 Å². The fourth-order valence-corrected chi connectivity index (χ4v) is 5.52. The van der Waals surface area contributed by atoms with E-state index in [2.05, 4.69) is 0 Å². The Bertz CT molecular complexity index is 966. The number of carbonyl (C=O) groups excluding carboxylic acids is 2. The molecule has 2 amide bonds. The second-order valence-electron chi connectivity index (χ2n) is 7.37. The van der Waals surface area contributed by atoms with Crippen molar-refractivity contribution in [3.8, 4) is 0 Å². The molecule has 29 heavy (non-hydrogen) atoms. The largest absolute Gasteiger partial charge is 0.271 e. The minimum atomic E-state index is -0.246. The minimum absolute atomic E-state index is 0.0487. The Labute approximate surface area is 185 Å². The Morgan fingerprint density at radius 2 is 1.55 bits per heavy atom. The van der Waals surface area contributed by atoms with Crippen molar-refractivity contribution in [2.45, 2.75) is 49.5 Å². The van der Waals surface area contributed by atoms with Crippen LogP contribution in [0.5, 0.6) is 0 Å². The molecule has 4 rings (SSSR count). The number of hydrogen-bond donors (Lipinski definition) is 0. The van der Waals surface area contributed by atoms with Crippen LogP contribution in [0.1, 0.15) is 44.1 Å². The average molecular weight is 446 g/mol. The standard InChI is InChI=1S/C23H21Cl2NO2S/c24-15-12-13-18(19(25)14-15)20-21(29-17-10-6-3-7-11-17)23(28)26(22(20)27)16-8-4-1-2-5-9-16/h3,6-7,10-14,16H,1-2,4-5,8-9H2. The Kier molecular flexibility index (Phi) is 6.33. The van der Waals surface area contributed by atoms with Gasteiger partial charge in [0.2, 0.25) is 0 Å². The van der Waals surface area contributed by atoms with Gasteiger partial charge in [-0.3, -0.25) is 14.5 Å². The van der Waals surface area contributed by atoms with Gasteiger partial charge in [0.05, 0.1) is 15.5 Å². The number of nitrogens with zero attached hydrogens (tertiary/aromatic N) is 1. The highest BCUT2D eigenvalue weighted by molar-refractivity contribution is 8.04. The summed E-state index contributed by atoms with van der Waals surface area (Å²) in [6.45, 7) is 0. The first kappa shape index (κ1) is 20.5. The average Bonchev–Trinajstić information content (AvgIpc) is 2.88. The molecule has 2 aromatic rings. The van der Waals surface area contributed by atoms with E-state index in [-0.39, 0.29) is 17.9 Å². The number of amides is 2. The maximum Gasteiger partial charge on any atom is 0.268 e. The number of benzene rings is 2. The number of rotatable bonds is 4. The predicted molar refractivity (Wildman–Crippen MR) is 119 cm³/mol. The quantitative estimate of drug-likeness (QED) is 0.393. The highest BCUT2D eigenvalue weighted by Gasteiger charge is 2.43. The first-order chi connectivity index (χ1) is 14.1. The van der Waals surface area contributed by atoms with Crippen LogP contribution < -0.4 is 0 Å². The molecule has 1 aliphatic carbocycles. The van der Waals surface area contributed by atoms with Gasteiger partial charge in [-0.05, 0) is 37.1 Å². The number of halogens is 2. The summed E-state index contributed by atoms with van der Waals surface area (Å²) in [6, 6.07) is 14.6. The van der Waals surface area contributed by atoms with Gasteiger partial charge in [-0.25, -0.2) is 0 Å². The molecule has 0 N–H and O–H groups in total.